The van der Waals surface area contributed by atoms with Crippen LogP contribution in [0.2, 0.25) is 0 Å². The zero-order valence-corrected chi connectivity index (χ0v) is 17.9. The number of ether oxygens (including phenoxy) is 1. The molecule has 1 heterocycles. The van der Waals surface area contributed by atoms with Gasteiger partial charge < -0.3 is 10.1 Å². The van der Waals surface area contributed by atoms with Crippen molar-refractivity contribution in [2.45, 2.75) is 56.4 Å². The van der Waals surface area contributed by atoms with Crippen LogP contribution in [0, 0.1) is 11.8 Å². The molecule has 7 nitrogen and oxygen atoms in total. The van der Waals surface area contributed by atoms with Crippen LogP contribution in [0.5, 0.6) is 0 Å². The first-order valence-electron chi connectivity index (χ1n) is 10.3. The van der Waals surface area contributed by atoms with E-state index in [0.29, 0.717) is 18.8 Å². The standard InChI is InChI=1S/C21H30N2O5S/c1-15-7-3-5-9-18(15)22-20(24)16-11-13-23(14-12-16)29(26,27)19-10-6-4-8-17(19)21(25)28-2/h4,6,8,10,15-16,18H,3,5,7,9,11-14H2,1-2H3,(H,22,24)/t15-,18-/m1/s1. The number of rotatable bonds is 5. The SMILES string of the molecule is COC(=O)c1ccccc1S(=O)(=O)N1CCC(C(=O)N[C@@H]2CCCC[C@H]2C)CC1. The van der Waals surface area contributed by atoms with Crippen LogP contribution >= 0.6 is 0 Å². The minimum atomic E-state index is -3.83. The fourth-order valence-electron chi connectivity index (χ4n) is 4.30. The van der Waals surface area contributed by atoms with E-state index >= 15 is 0 Å². The molecule has 2 fully saturated rings. The molecule has 1 aliphatic heterocycles. The highest BCUT2D eigenvalue weighted by Crippen LogP contribution is 2.28. The predicted octanol–water partition coefficient (Wildman–Crippen LogP) is 2.57. The summed E-state index contributed by atoms with van der Waals surface area (Å²) in [5.41, 5.74) is 0.0288. The van der Waals surface area contributed by atoms with Gasteiger partial charge in [0.25, 0.3) is 0 Å². The van der Waals surface area contributed by atoms with Crippen LogP contribution in [0.4, 0.5) is 0 Å². The van der Waals surface area contributed by atoms with Gasteiger partial charge in [-0.3, -0.25) is 4.79 Å². The molecule has 1 aromatic carbocycles. The van der Waals surface area contributed by atoms with Crippen LogP contribution in [0.25, 0.3) is 0 Å². The average molecular weight is 423 g/mol. The fraction of sp³-hybridized carbons (Fsp3) is 0.619. The number of hydrogen-bond donors (Lipinski definition) is 1. The van der Waals surface area contributed by atoms with Crippen molar-refractivity contribution in [1.82, 2.24) is 9.62 Å². The summed E-state index contributed by atoms with van der Waals surface area (Å²) < 4.78 is 32.2. The van der Waals surface area contributed by atoms with Crippen LogP contribution in [0.3, 0.4) is 0 Å². The number of carbonyl (C=O) groups is 2. The van der Waals surface area contributed by atoms with Crippen molar-refractivity contribution >= 4 is 21.9 Å². The number of hydrogen-bond acceptors (Lipinski definition) is 5. The number of nitrogens with one attached hydrogen (secondary N) is 1. The predicted molar refractivity (Wildman–Crippen MR) is 109 cm³/mol. The van der Waals surface area contributed by atoms with E-state index in [1.54, 1.807) is 12.1 Å². The van der Waals surface area contributed by atoms with Crippen molar-refractivity contribution in [1.29, 1.82) is 0 Å². The molecule has 2 atom stereocenters. The molecule has 1 N–H and O–H groups in total. The van der Waals surface area contributed by atoms with Gasteiger partial charge in [0.15, 0.2) is 0 Å². The monoisotopic (exact) mass is 422 g/mol. The van der Waals surface area contributed by atoms with Crippen LogP contribution < -0.4 is 5.32 Å². The third kappa shape index (κ3) is 4.80. The van der Waals surface area contributed by atoms with E-state index in [2.05, 4.69) is 12.2 Å². The van der Waals surface area contributed by atoms with Gasteiger partial charge in [0, 0.05) is 25.0 Å². The quantitative estimate of drug-likeness (QED) is 0.736. The summed E-state index contributed by atoms with van der Waals surface area (Å²) in [7, 11) is -2.61. The first kappa shape index (κ1) is 21.8. The van der Waals surface area contributed by atoms with E-state index in [4.69, 9.17) is 4.74 Å². The lowest BCUT2D eigenvalue weighted by molar-refractivity contribution is -0.127. The molecule has 3 rings (SSSR count). The van der Waals surface area contributed by atoms with Gasteiger partial charge in [0.2, 0.25) is 15.9 Å². The molecule has 0 radical (unpaired) electrons. The maximum absolute atomic E-state index is 13.1. The van der Waals surface area contributed by atoms with Gasteiger partial charge in [0.1, 0.15) is 0 Å². The van der Waals surface area contributed by atoms with E-state index in [9.17, 15) is 18.0 Å². The Kier molecular flexibility index (Phi) is 6.95. The molecule has 0 unspecified atom stereocenters. The summed E-state index contributed by atoms with van der Waals surface area (Å²) in [6.07, 6.45) is 5.48. The molecular formula is C21H30N2O5S. The summed E-state index contributed by atoms with van der Waals surface area (Å²) >= 11 is 0. The lowest BCUT2D eigenvalue weighted by Crippen LogP contribution is -2.47. The van der Waals surface area contributed by atoms with E-state index in [-0.39, 0.29) is 41.4 Å². The number of nitrogens with zero attached hydrogens (tertiary/aromatic N) is 1. The van der Waals surface area contributed by atoms with Crippen molar-refractivity contribution in [3.63, 3.8) is 0 Å². The lowest BCUT2D eigenvalue weighted by Gasteiger charge is -2.34. The van der Waals surface area contributed by atoms with Crippen molar-refractivity contribution in [2.24, 2.45) is 11.8 Å². The van der Waals surface area contributed by atoms with Crippen molar-refractivity contribution < 1.29 is 22.7 Å². The number of amides is 1. The Hall–Kier alpha value is -1.93. The molecule has 8 heteroatoms. The first-order chi connectivity index (χ1) is 13.8. The Morgan fingerprint density at radius 3 is 2.38 bits per heavy atom. The van der Waals surface area contributed by atoms with E-state index in [1.807, 2.05) is 0 Å². The largest absolute Gasteiger partial charge is 0.465 e. The van der Waals surface area contributed by atoms with Gasteiger partial charge in [-0.05, 0) is 43.7 Å². The van der Waals surface area contributed by atoms with E-state index in [0.717, 1.165) is 19.3 Å². The van der Waals surface area contributed by atoms with Crippen LogP contribution in [-0.4, -0.2) is 50.8 Å². The van der Waals surface area contributed by atoms with E-state index < -0.39 is 16.0 Å². The van der Waals surface area contributed by atoms with E-state index in [1.165, 1.54) is 30.0 Å². The third-order valence-electron chi connectivity index (χ3n) is 6.17. The number of methoxy groups -OCH3 is 1. The lowest BCUT2D eigenvalue weighted by atomic mass is 9.85. The zero-order valence-electron chi connectivity index (χ0n) is 17.1. The average Bonchev–Trinajstić information content (AvgIpc) is 2.74. The molecule has 0 spiro atoms. The number of piperidine rings is 1. The highest BCUT2D eigenvalue weighted by atomic mass is 32.2. The van der Waals surface area contributed by atoms with Crippen LogP contribution in [0.1, 0.15) is 55.8 Å². The second-order valence-corrected chi connectivity index (χ2v) is 9.95. The normalized spacial score (nSPS) is 24.1. The smallest absolute Gasteiger partial charge is 0.339 e. The highest BCUT2D eigenvalue weighted by Gasteiger charge is 2.35. The Morgan fingerprint density at radius 1 is 1.07 bits per heavy atom. The van der Waals surface area contributed by atoms with Gasteiger partial charge in [-0.1, -0.05) is 31.9 Å². The molecule has 1 saturated heterocycles. The van der Waals surface area contributed by atoms with Crippen molar-refractivity contribution in [3.8, 4) is 0 Å². The van der Waals surface area contributed by atoms with Crippen LogP contribution in [-0.2, 0) is 19.6 Å². The molecule has 0 aromatic heterocycles. The minimum Gasteiger partial charge on any atom is -0.465 e. The Balaban J connectivity index is 1.64. The summed E-state index contributed by atoms with van der Waals surface area (Å²) in [6.45, 7) is 2.70. The number of esters is 1. The Morgan fingerprint density at radius 2 is 1.72 bits per heavy atom. The maximum Gasteiger partial charge on any atom is 0.339 e. The molecule has 29 heavy (non-hydrogen) atoms. The third-order valence-corrected chi connectivity index (χ3v) is 8.13. The maximum atomic E-state index is 13.1. The summed E-state index contributed by atoms with van der Waals surface area (Å²) in [6, 6.07) is 6.29. The van der Waals surface area contributed by atoms with Gasteiger partial charge in [-0.2, -0.15) is 4.31 Å². The number of sulfonamides is 1. The van der Waals surface area contributed by atoms with Crippen LogP contribution in [0.15, 0.2) is 29.2 Å². The molecule has 0 bridgehead atoms. The highest BCUT2D eigenvalue weighted by molar-refractivity contribution is 7.89. The number of carbonyl (C=O) groups excluding carboxylic acids is 2. The first-order valence-corrected chi connectivity index (χ1v) is 11.8. The zero-order chi connectivity index (χ0) is 21.0. The summed E-state index contributed by atoms with van der Waals surface area (Å²) in [5.74, 6) is -0.329. The Labute approximate surface area is 172 Å². The van der Waals surface area contributed by atoms with Gasteiger partial charge >= 0.3 is 5.97 Å². The second-order valence-electron chi connectivity index (χ2n) is 8.04. The summed E-state index contributed by atoms with van der Waals surface area (Å²) in [5, 5.41) is 3.19. The molecule has 2 aliphatic rings. The fourth-order valence-corrected chi connectivity index (χ4v) is 5.95. The molecule has 160 valence electrons. The Bertz CT molecular complexity index is 846. The molecular weight excluding hydrogens is 392 g/mol. The van der Waals surface area contributed by atoms with Gasteiger partial charge in [-0.25, -0.2) is 13.2 Å². The molecule has 1 aromatic rings. The molecule has 1 saturated carbocycles. The summed E-state index contributed by atoms with van der Waals surface area (Å²) in [4.78, 5) is 24.6. The minimum absolute atomic E-state index is 0.0288. The van der Waals surface area contributed by atoms with Crippen molar-refractivity contribution in [2.75, 3.05) is 20.2 Å². The van der Waals surface area contributed by atoms with Gasteiger partial charge in [-0.15, -0.1) is 0 Å². The van der Waals surface area contributed by atoms with Gasteiger partial charge in [0.05, 0.1) is 17.6 Å². The molecule has 1 amide bonds. The van der Waals surface area contributed by atoms with Crippen molar-refractivity contribution in [3.05, 3.63) is 29.8 Å². The second kappa shape index (κ2) is 9.26. The molecule has 1 aliphatic carbocycles. The number of benzene rings is 1. The topological polar surface area (TPSA) is 92.8 Å².